The molecule has 4 aromatic heterocycles. The Labute approximate surface area is 295 Å². The molecule has 0 aliphatic carbocycles. The molecule has 270 valence electrons. The zero-order valence-corrected chi connectivity index (χ0v) is 29.9. The number of aromatic hydroxyl groups is 1. The van der Waals surface area contributed by atoms with E-state index < -0.39 is 20.0 Å². The molecule has 4 heterocycles. The second-order valence-corrected chi connectivity index (χ2v) is 15.0. The van der Waals surface area contributed by atoms with Crippen molar-refractivity contribution in [2.75, 3.05) is 13.7 Å². The summed E-state index contributed by atoms with van der Waals surface area (Å²) in [6.45, 7) is 4.43. The molecular formula is C34H40N8O7S2. The highest BCUT2D eigenvalue weighted by molar-refractivity contribution is 7.90. The number of rotatable bonds is 15. The molecule has 0 saturated heterocycles. The van der Waals surface area contributed by atoms with Crippen molar-refractivity contribution in [3.05, 3.63) is 96.3 Å². The number of pyridine rings is 2. The lowest BCUT2D eigenvalue weighted by Crippen LogP contribution is -2.38. The summed E-state index contributed by atoms with van der Waals surface area (Å²) >= 11 is 0. The van der Waals surface area contributed by atoms with Crippen molar-refractivity contribution in [2.24, 2.45) is 0 Å². The van der Waals surface area contributed by atoms with Gasteiger partial charge >= 0.3 is 0 Å². The second kappa shape index (κ2) is 16.8. The Morgan fingerprint density at radius 3 is 2.00 bits per heavy atom. The SMILES string of the molecule is CC[C@H](COCc1ccccc1)NS(=O)(=O)c1[nH]nc2ncccc12.COc1cc(CC[C@@H](C)NS(=O)(=O)c2[nH]nc3ncccc23)ccc1O. The van der Waals surface area contributed by atoms with Crippen molar-refractivity contribution in [3.8, 4) is 11.5 Å². The van der Waals surface area contributed by atoms with Gasteiger partial charge in [-0.1, -0.05) is 43.3 Å². The molecule has 0 amide bonds. The third-order valence-electron chi connectivity index (χ3n) is 7.84. The number of sulfonamides is 2. The monoisotopic (exact) mass is 736 g/mol. The molecular weight excluding hydrogens is 697 g/mol. The summed E-state index contributed by atoms with van der Waals surface area (Å²) in [5.74, 6) is 0.469. The molecule has 0 fully saturated rings. The van der Waals surface area contributed by atoms with Crippen molar-refractivity contribution in [1.29, 1.82) is 0 Å². The lowest BCUT2D eigenvalue weighted by Gasteiger charge is -2.16. The van der Waals surface area contributed by atoms with Crippen LogP contribution in [-0.4, -0.2) is 78.1 Å². The summed E-state index contributed by atoms with van der Waals surface area (Å²) in [6, 6.07) is 20.9. The van der Waals surface area contributed by atoms with E-state index in [2.05, 4.69) is 39.8 Å². The molecule has 0 radical (unpaired) electrons. The van der Waals surface area contributed by atoms with Gasteiger partial charge in [-0.25, -0.2) is 36.2 Å². The summed E-state index contributed by atoms with van der Waals surface area (Å²) in [4.78, 5) is 8.07. The summed E-state index contributed by atoms with van der Waals surface area (Å²) < 4.78 is 66.6. The number of hydrogen-bond acceptors (Lipinski definition) is 11. The minimum atomic E-state index is -3.74. The van der Waals surface area contributed by atoms with E-state index in [0.29, 0.717) is 53.7 Å². The maximum absolute atomic E-state index is 12.6. The van der Waals surface area contributed by atoms with E-state index in [-0.39, 0.29) is 34.5 Å². The van der Waals surface area contributed by atoms with Crippen LogP contribution < -0.4 is 14.2 Å². The highest BCUT2D eigenvalue weighted by atomic mass is 32.2. The van der Waals surface area contributed by atoms with Crippen LogP contribution in [0.4, 0.5) is 0 Å². The van der Waals surface area contributed by atoms with Crippen LogP contribution in [0, 0.1) is 0 Å². The molecule has 0 aliphatic rings. The van der Waals surface area contributed by atoms with Crippen molar-refractivity contribution < 1.29 is 31.4 Å². The predicted octanol–water partition coefficient (Wildman–Crippen LogP) is 4.20. The first-order valence-corrected chi connectivity index (χ1v) is 19.1. The van der Waals surface area contributed by atoms with Crippen LogP contribution in [0.15, 0.2) is 95.2 Å². The largest absolute Gasteiger partial charge is 0.504 e. The summed E-state index contributed by atoms with van der Waals surface area (Å²) in [6.07, 6.45) is 4.95. The van der Waals surface area contributed by atoms with Crippen LogP contribution in [0.3, 0.4) is 0 Å². The average molecular weight is 737 g/mol. The average Bonchev–Trinajstić information content (AvgIpc) is 3.77. The number of aromatic nitrogens is 6. The number of hydrogen-bond donors (Lipinski definition) is 5. The van der Waals surface area contributed by atoms with E-state index >= 15 is 0 Å². The van der Waals surface area contributed by atoms with Gasteiger partial charge in [-0.15, -0.1) is 0 Å². The minimum absolute atomic E-state index is 0.0127. The first kappa shape index (κ1) is 37.3. The Hall–Kier alpha value is -4.94. The highest BCUT2D eigenvalue weighted by Gasteiger charge is 2.25. The van der Waals surface area contributed by atoms with Gasteiger partial charge in [-0.05, 0) is 73.7 Å². The fourth-order valence-electron chi connectivity index (χ4n) is 5.11. The molecule has 0 bridgehead atoms. The normalized spacial score (nSPS) is 13.1. The molecule has 5 N–H and O–H groups in total. The predicted molar refractivity (Wildman–Crippen MR) is 191 cm³/mol. The van der Waals surface area contributed by atoms with E-state index in [0.717, 1.165) is 11.1 Å². The van der Waals surface area contributed by atoms with Crippen molar-refractivity contribution in [1.82, 2.24) is 39.8 Å². The van der Waals surface area contributed by atoms with Gasteiger partial charge in [-0.3, -0.25) is 10.2 Å². The molecule has 6 aromatic rings. The highest BCUT2D eigenvalue weighted by Crippen LogP contribution is 2.27. The number of ether oxygens (including phenoxy) is 2. The van der Waals surface area contributed by atoms with Crippen molar-refractivity contribution in [3.63, 3.8) is 0 Å². The van der Waals surface area contributed by atoms with E-state index in [1.54, 1.807) is 61.8 Å². The van der Waals surface area contributed by atoms with E-state index in [4.69, 9.17) is 9.47 Å². The van der Waals surface area contributed by atoms with E-state index in [1.807, 2.05) is 37.3 Å². The number of nitrogens with zero attached hydrogens (tertiary/aromatic N) is 4. The lowest BCUT2D eigenvalue weighted by molar-refractivity contribution is 0.103. The number of nitrogens with one attached hydrogen (secondary N) is 4. The molecule has 51 heavy (non-hydrogen) atoms. The van der Waals surface area contributed by atoms with Crippen LogP contribution >= 0.6 is 0 Å². The second-order valence-electron chi connectivity index (χ2n) is 11.6. The molecule has 2 aromatic carbocycles. The van der Waals surface area contributed by atoms with Gasteiger partial charge in [0.15, 0.2) is 32.8 Å². The van der Waals surface area contributed by atoms with Crippen LogP contribution in [0.25, 0.3) is 22.1 Å². The standard InChI is InChI=1S/C17H20N4O4S.C17H20N4O3S/c1-11(5-6-12-7-8-14(22)15(10-12)25-2)21-26(23,24)17-13-4-3-9-18-16(13)19-20-17;1-2-14(12-24-11-13-7-4-3-5-8-13)21-25(22,23)17-15-9-6-10-18-16(15)19-20-17/h3-4,7-11,21-22H,5-6H2,1-2H3,(H,18,19,20);3-10,14,21H,2,11-12H2,1H3,(H,18,19,20)/t11-;14-/m11/s1. The van der Waals surface area contributed by atoms with Gasteiger partial charge in [0.2, 0.25) is 0 Å². The van der Waals surface area contributed by atoms with Crippen molar-refractivity contribution in [2.45, 2.75) is 61.9 Å². The molecule has 15 nitrogen and oxygen atoms in total. The third kappa shape index (κ3) is 9.65. The van der Waals surface area contributed by atoms with Gasteiger partial charge in [0, 0.05) is 24.5 Å². The van der Waals surface area contributed by atoms with E-state index in [9.17, 15) is 21.9 Å². The number of aryl methyl sites for hydroxylation is 1. The van der Waals surface area contributed by atoms with Crippen molar-refractivity contribution >= 4 is 42.1 Å². The maximum atomic E-state index is 12.6. The quantitative estimate of drug-likeness (QED) is 0.101. The molecule has 0 aliphatic heterocycles. The molecule has 17 heteroatoms. The number of methoxy groups -OCH3 is 1. The van der Waals surface area contributed by atoms with E-state index in [1.165, 1.54) is 7.11 Å². The van der Waals surface area contributed by atoms with Crippen LogP contribution in [0.2, 0.25) is 0 Å². The number of H-pyrrole nitrogens is 2. The maximum Gasteiger partial charge on any atom is 0.258 e. The lowest BCUT2D eigenvalue weighted by atomic mass is 10.1. The van der Waals surface area contributed by atoms with Gasteiger partial charge < -0.3 is 14.6 Å². The minimum Gasteiger partial charge on any atom is -0.504 e. The number of fused-ring (bicyclic) bond motifs is 2. The summed E-state index contributed by atoms with van der Waals surface area (Å²) in [5, 5.41) is 23.5. The molecule has 0 spiro atoms. The Morgan fingerprint density at radius 1 is 0.804 bits per heavy atom. The zero-order chi connectivity index (χ0) is 36.4. The van der Waals surface area contributed by atoms with Gasteiger partial charge in [0.25, 0.3) is 20.0 Å². The Bertz CT molecular complexity index is 2260. The fourth-order valence-corrected chi connectivity index (χ4v) is 7.90. The van der Waals surface area contributed by atoms with Crippen LogP contribution in [0.1, 0.15) is 37.8 Å². The molecule has 6 rings (SSSR count). The number of phenols is 1. The number of phenolic OH excluding ortho intramolecular Hbond substituents is 1. The molecule has 0 unspecified atom stereocenters. The van der Waals surface area contributed by atoms with Crippen LogP contribution in [-0.2, 0) is 37.8 Å². The Morgan fingerprint density at radius 2 is 1.41 bits per heavy atom. The first-order chi connectivity index (χ1) is 24.5. The molecule has 0 saturated carbocycles. The zero-order valence-electron chi connectivity index (χ0n) is 28.3. The first-order valence-electron chi connectivity index (χ1n) is 16.1. The number of benzene rings is 2. The Balaban J connectivity index is 0.000000198. The summed E-state index contributed by atoms with van der Waals surface area (Å²) in [7, 11) is -5.99. The Kier molecular flexibility index (Phi) is 12.3. The van der Waals surface area contributed by atoms with Gasteiger partial charge in [-0.2, -0.15) is 10.2 Å². The molecule has 2 atom stereocenters. The summed E-state index contributed by atoms with van der Waals surface area (Å²) in [5.41, 5.74) is 2.72. The smallest absolute Gasteiger partial charge is 0.258 e. The van der Waals surface area contributed by atoms with Gasteiger partial charge in [0.1, 0.15) is 0 Å². The third-order valence-corrected chi connectivity index (χ3v) is 10.9. The van der Waals surface area contributed by atoms with Crippen LogP contribution in [0.5, 0.6) is 11.5 Å². The fraction of sp³-hybridized carbons (Fsp3) is 0.294. The topological polar surface area (TPSA) is 214 Å². The number of aromatic amines is 2. The van der Waals surface area contributed by atoms with Gasteiger partial charge in [0.05, 0.1) is 31.1 Å².